The Bertz CT molecular complexity index is 808. The van der Waals surface area contributed by atoms with Crippen molar-refractivity contribution in [2.45, 2.75) is 6.92 Å². The van der Waals surface area contributed by atoms with E-state index in [-0.39, 0.29) is 13.2 Å². The number of carbonyl (C=O) groups is 2. The topological polar surface area (TPSA) is 85.9 Å². The second-order valence-corrected chi connectivity index (χ2v) is 6.02. The van der Waals surface area contributed by atoms with Gasteiger partial charge in [0.1, 0.15) is 17.2 Å². The number of hydrogen-bond donors (Lipinski definition) is 2. The van der Waals surface area contributed by atoms with Crippen molar-refractivity contribution in [3.8, 4) is 17.2 Å². The van der Waals surface area contributed by atoms with Crippen molar-refractivity contribution in [1.29, 1.82) is 0 Å². The average Bonchev–Trinajstić information content (AvgIpc) is 2.66. The summed E-state index contributed by atoms with van der Waals surface area (Å²) in [5.74, 6) is 0.511. The molecule has 0 unspecified atom stereocenters. The van der Waals surface area contributed by atoms with Crippen LogP contribution in [0, 0.1) is 6.92 Å². The molecular weight excluding hydrogens is 372 g/mol. The van der Waals surface area contributed by atoms with E-state index in [1.54, 1.807) is 18.2 Å². The highest BCUT2D eigenvalue weighted by Gasteiger charge is 2.13. The van der Waals surface area contributed by atoms with Crippen LogP contribution in [-0.2, 0) is 9.59 Å². The standard InChI is InChI=1S/C19H21ClN2O5/c1-12-4-6-13(7-5-12)27-11-19(24)21-10-18(23)22-15-9-16(25-2)14(20)8-17(15)26-3/h4-9H,10-11H2,1-3H3,(H,21,24)(H,22,23). The van der Waals surface area contributed by atoms with E-state index >= 15 is 0 Å². The predicted octanol–water partition coefficient (Wildman–Crippen LogP) is 2.80. The molecule has 0 fully saturated rings. The molecule has 0 aliphatic heterocycles. The Morgan fingerprint density at radius 3 is 2.30 bits per heavy atom. The zero-order chi connectivity index (χ0) is 19.8. The number of methoxy groups -OCH3 is 2. The van der Waals surface area contributed by atoms with E-state index < -0.39 is 11.8 Å². The number of aryl methyl sites for hydroxylation is 1. The van der Waals surface area contributed by atoms with Crippen molar-refractivity contribution >= 4 is 29.1 Å². The minimum atomic E-state index is -0.429. The summed E-state index contributed by atoms with van der Waals surface area (Å²) in [6.45, 7) is 1.55. The van der Waals surface area contributed by atoms with Crippen molar-refractivity contribution in [1.82, 2.24) is 5.32 Å². The molecule has 0 spiro atoms. The van der Waals surface area contributed by atoms with Crippen LogP contribution in [0.25, 0.3) is 0 Å². The van der Waals surface area contributed by atoms with E-state index in [1.165, 1.54) is 20.3 Å². The van der Waals surface area contributed by atoms with Gasteiger partial charge in [0.25, 0.3) is 5.91 Å². The molecule has 0 saturated carbocycles. The lowest BCUT2D eigenvalue weighted by atomic mass is 10.2. The molecule has 27 heavy (non-hydrogen) atoms. The van der Waals surface area contributed by atoms with E-state index in [0.717, 1.165) is 5.56 Å². The van der Waals surface area contributed by atoms with Crippen molar-refractivity contribution in [2.75, 3.05) is 32.7 Å². The molecule has 0 aliphatic carbocycles. The molecule has 144 valence electrons. The van der Waals surface area contributed by atoms with Gasteiger partial charge in [0.05, 0.1) is 31.5 Å². The molecule has 2 aromatic carbocycles. The lowest BCUT2D eigenvalue weighted by Gasteiger charge is -2.13. The third-order valence-corrected chi connectivity index (χ3v) is 3.88. The van der Waals surface area contributed by atoms with Crippen LogP contribution in [0.15, 0.2) is 36.4 Å². The summed E-state index contributed by atoms with van der Waals surface area (Å²) in [4.78, 5) is 23.9. The largest absolute Gasteiger partial charge is 0.495 e. The van der Waals surface area contributed by atoms with Gasteiger partial charge in [0.2, 0.25) is 5.91 Å². The number of hydrogen-bond acceptors (Lipinski definition) is 5. The van der Waals surface area contributed by atoms with Crippen LogP contribution >= 0.6 is 11.6 Å². The molecule has 0 bridgehead atoms. The van der Waals surface area contributed by atoms with Crippen LogP contribution in [-0.4, -0.2) is 39.2 Å². The van der Waals surface area contributed by atoms with Crippen LogP contribution in [0.1, 0.15) is 5.56 Å². The number of carbonyl (C=O) groups excluding carboxylic acids is 2. The zero-order valence-electron chi connectivity index (χ0n) is 15.3. The summed E-state index contributed by atoms with van der Waals surface area (Å²) >= 11 is 6.02. The first kappa shape index (κ1) is 20.4. The molecule has 0 saturated heterocycles. The summed E-state index contributed by atoms with van der Waals surface area (Å²) in [6, 6.07) is 10.4. The van der Waals surface area contributed by atoms with Crippen LogP contribution in [0.2, 0.25) is 5.02 Å². The van der Waals surface area contributed by atoms with Crippen molar-refractivity contribution in [3.63, 3.8) is 0 Å². The van der Waals surface area contributed by atoms with Gasteiger partial charge in [-0.05, 0) is 19.1 Å². The van der Waals surface area contributed by atoms with Crippen LogP contribution in [0.4, 0.5) is 5.69 Å². The lowest BCUT2D eigenvalue weighted by Crippen LogP contribution is -2.35. The maximum atomic E-state index is 12.1. The smallest absolute Gasteiger partial charge is 0.258 e. The van der Waals surface area contributed by atoms with Crippen molar-refractivity contribution in [3.05, 3.63) is 47.0 Å². The fourth-order valence-corrected chi connectivity index (χ4v) is 2.40. The second kappa shape index (κ2) is 9.68. The van der Waals surface area contributed by atoms with Gasteiger partial charge in [-0.2, -0.15) is 0 Å². The minimum absolute atomic E-state index is 0.186. The van der Waals surface area contributed by atoms with E-state index in [1.807, 2.05) is 19.1 Å². The van der Waals surface area contributed by atoms with Gasteiger partial charge >= 0.3 is 0 Å². The van der Waals surface area contributed by atoms with Gasteiger partial charge in [-0.15, -0.1) is 0 Å². The Morgan fingerprint density at radius 2 is 1.67 bits per heavy atom. The van der Waals surface area contributed by atoms with Crippen LogP contribution in [0.5, 0.6) is 17.2 Å². The first-order chi connectivity index (χ1) is 12.9. The first-order valence-corrected chi connectivity index (χ1v) is 8.48. The maximum Gasteiger partial charge on any atom is 0.258 e. The number of halogens is 1. The third-order valence-electron chi connectivity index (χ3n) is 3.59. The molecule has 0 aromatic heterocycles. The maximum absolute atomic E-state index is 12.1. The summed E-state index contributed by atoms with van der Waals surface area (Å²) in [7, 11) is 2.92. The van der Waals surface area contributed by atoms with Gasteiger partial charge in [-0.3, -0.25) is 9.59 Å². The van der Waals surface area contributed by atoms with E-state index in [0.29, 0.717) is 28.0 Å². The Morgan fingerprint density at radius 1 is 1.00 bits per heavy atom. The van der Waals surface area contributed by atoms with Crippen LogP contribution < -0.4 is 24.8 Å². The normalized spacial score (nSPS) is 10.1. The highest BCUT2D eigenvalue weighted by molar-refractivity contribution is 6.32. The molecule has 2 aromatic rings. The Kier molecular flexibility index (Phi) is 7.31. The first-order valence-electron chi connectivity index (χ1n) is 8.10. The average molecular weight is 393 g/mol. The monoisotopic (exact) mass is 392 g/mol. The van der Waals surface area contributed by atoms with Gasteiger partial charge in [0.15, 0.2) is 6.61 Å². The molecule has 8 heteroatoms. The molecule has 0 radical (unpaired) electrons. The fraction of sp³-hybridized carbons (Fsp3) is 0.263. The zero-order valence-corrected chi connectivity index (χ0v) is 16.1. The summed E-state index contributed by atoms with van der Waals surface area (Å²) in [6.07, 6.45) is 0. The van der Waals surface area contributed by atoms with Gasteiger partial charge < -0.3 is 24.8 Å². The third kappa shape index (κ3) is 6.07. The van der Waals surface area contributed by atoms with Gasteiger partial charge in [0, 0.05) is 12.1 Å². The molecule has 7 nitrogen and oxygen atoms in total. The van der Waals surface area contributed by atoms with Crippen molar-refractivity contribution < 1.29 is 23.8 Å². The van der Waals surface area contributed by atoms with Gasteiger partial charge in [-0.25, -0.2) is 0 Å². The van der Waals surface area contributed by atoms with Crippen LogP contribution in [0.3, 0.4) is 0 Å². The number of amides is 2. The Balaban J connectivity index is 1.85. The van der Waals surface area contributed by atoms with E-state index in [9.17, 15) is 9.59 Å². The van der Waals surface area contributed by atoms with E-state index in [2.05, 4.69) is 10.6 Å². The number of benzene rings is 2. The Labute approximate surface area is 162 Å². The molecule has 2 rings (SSSR count). The SMILES string of the molecule is COc1cc(NC(=O)CNC(=O)COc2ccc(C)cc2)c(OC)cc1Cl. The summed E-state index contributed by atoms with van der Waals surface area (Å²) in [5.41, 5.74) is 1.48. The Hall–Kier alpha value is -2.93. The number of ether oxygens (including phenoxy) is 3. The minimum Gasteiger partial charge on any atom is -0.495 e. The predicted molar refractivity (Wildman–Crippen MR) is 103 cm³/mol. The molecule has 2 N–H and O–H groups in total. The highest BCUT2D eigenvalue weighted by atomic mass is 35.5. The molecule has 0 heterocycles. The number of nitrogens with one attached hydrogen (secondary N) is 2. The van der Waals surface area contributed by atoms with Gasteiger partial charge in [-0.1, -0.05) is 29.3 Å². The quantitative estimate of drug-likeness (QED) is 0.721. The number of rotatable bonds is 8. The highest BCUT2D eigenvalue weighted by Crippen LogP contribution is 2.35. The number of anilines is 1. The molecule has 0 atom stereocenters. The fourth-order valence-electron chi connectivity index (χ4n) is 2.17. The summed E-state index contributed by atoms with van der Waals surface area (Å²) < 4.78 is 15.7. The van der Waals surface area contributed by atoms with E-state index in [4.69, 9.17) is 25.8 Å². The molecule has 2 amide bonds. The van der Waals surface area contributed by atoms with Crippen molar-refractivity contribution in [2.24, 2.45) is 0 Å². The lowest BCUT2D eigenvalue weighted by molar-refractivity contribution is -0.125. The molecule has 0 aliphatic rings. The second-order valence-electron chi connectivity index (χ2n) is 5.61. The molecular formula is C19H21ClN2O5. The summed E-state index contributed by atoms with van der Waals surface area (Å²) in [5, 5.41) is 5.48.